The molecule has 1 rings (SSSR count). The van der Waals surface area contributed by atoms with E-state index in [9.17, 15) is 31.1 Å². The van der Waals surface area contributed by atoms with E-state index in [2.05, 4.69) is 4.98 Å². The van der Waals surface area contributed by atoms with Crippen LogP contribution in [0.5, 0.6) is 0 Å². The minimum atomic E-state index is -5.28. The van der Waals surface area contributed by atoms with Crippen molar-refractivity contribution < 1.29 is 36.2 Å². The first-order valence-electron chi connectivity index (χ1n) is 4.39. The molecule has 0 amide bonds. The summed E-state index contributed by atoms with van der Waals surface area (Å²) in [4.78, 5) is 13.0. The lowest BCUT2D eigenvalue weighted by atomic mass is 10.1. The smallest absolute Gasteiger partial charge is 0.436 e. The SMILES string of the molecule is O=C(O)Cc1cc(C(F)F)c(F)c(C(F)(F)F)n1. The zero-order valence-electron chi connectivity index (χ0n) is 8.43. The van der Waals surface area contributed by atoms with Crippen LogP contribution in [0.3, 0.4) is 0 Å². The van der Waals surface area contributed by atoms with Crippen molar-refractivity contribution in [3.05, 3.63) is 28.8 Å². The van der Waals surface area contributed by atoms with Crippen molar-refractivity contribution in [2.75, 3.05) is 0 Å². The van der Waals surface area contributed by atoms with Gasteiger partial charge in [-0.1, -0.05) is 0 Å². The number of rotatable bonds is 3. The summed E-state index contributed by atoms with van der Waals surface area (Å²) in [5.74, 6) is -3.76. The maximum Gasteiger partial charge on any atom is 0.436 e. The van der Waals surface area contributed by atoms with Gasteiger partial charge in [-0.05, 0) is 6.07 Å². The number of aliphatic carboxylic acids is 1. The van der Waals surface area contributed by atoms with Crippen LogP contribution in [-0.2, 0) is 17.4 Å². The number of carbonyl (C=O) groups is 1. The van der Waals surface area contributed by atoms with Crippen molar-refractivity contribution in [3.63, 3.8) is 0 Å². The molecule has 9 heteroatoms. The zero-order valence-corrected chi connectivity index (χ0v) is 8.43. The quantitative estimate of drug-likeness (QED) is 0.861. The van der Waals surface area contributed by atoms with Crippen LogP contribution in [0.15, 0.2) is 6.07 Å². The van der Waals surface area contributed by atoms with Crippen molar-refractivity contribution in [1.29, 1.82) is 0 Å². The molecule has 0 aliphatic carbocycles. The summed E-state index contributed by atoms with van der Waals surface area (Å²) in [6.07, 6.45) is -9.78. The van der Waals surface area contributed by atoms with Gasteiger partial charge in [0.15, 0.2) is 11.5 Å². The molecule has 0 aromatic carbocycles. The Bertz CT molecular complexity index is 471. The molecule has 100 valence electrons. The van der Waals surface area contributed by atoms with Gasteiger partial charge < -0.3 is 5.11 Å². The number of alkyl halides is 5. The molecule has 0 unspecified atom stereocenters. The molecule has 18 heavy (non-hydrogen) atoms. The van der Waals surface area contributed by atoms with Crippen LogP contribution < -0.4 is 0 Å². The van der Waals surface area contributed by atoms with Crippen LogP contribution in [0.25, 0.3) is 0 Å². The monoisotopic (exact) mass is 273 g/mol. The minimum absolute atomic E-state index is 0.309. The molecule has 0 saturated carbocycles. The normalized spacial score (nSPS) is 11.9. The van der Waals surface area contributed by atoms with E-state index in [-0.39, 0.29) is 0 Å². The third-order valence-electron chi connectivity index (χ3n) is 1.87. The summed E-state index contributed by atoms with van der Waals surface area (Å²) in [5.41, 5.74) is -4.45. The second-order valence-electron chi connectivity index (χ2n) is 3.23. The number of nitrogens with zero attached hydrogens (tertiary/aromatic N) is 1. The highest BCUT2D eigenvalue weighted by atomic mass is 19.4. The van der Waals surface area contributed by atoms with Gasteiger partial charge in [0, 0.05) is 0 Å². The van der Waals surface area contributed by atoms with Crippen molar-refractivity contribution in [3.8, 4) is 0 Å². The molecule has 0 radical (unpaired) electrons. The number of halogens is 6. The molecule has 3 nitrogen and oxygen atoms in total. The highest BCUT2D eigenvalue weighted by molar-refractivity contribution is 5.69. The summed E-state index contributed by atoms with van der Waals surface area (Å²) >= 11 is 0. The molecule has 0 aliphatic heterocycles. The van der Waals surface area contributed by atoms with E-state index >= 15 is 0 Å². The number of hydrogen-bond acceptors (Lipinski definition) is 2. The summed E-state index contributed by atoms with van der Waals surface area (Å²) < 4.78 is 74.7. The van der Waals surface area contributed by atoms with E-state index in [0.29, 0.717) is 6.07 Å². The third kappa shape index (κ3) is 3.11. The first-order valence-corrected chi connectivity index (χ1v) is 4.39. The fourth-order valence-electron chi connectivity index (χ4n) is 1.20. The van der Waals surface area contributed by atoms with Crippen LogP contribution in [-0.4, -0.2) is 16.1 Å². The van der Waals surface area contributed by atoms with E-state index in [0.717, 1.165) is 0 Å². The standard InChI is InChI=1S/C9H5F6NO2/c10-6-4(8(11)12)1-3(2-5(17)18)16-7(6)9(13,14)15/h1,8H,2H2,(H,17,18). The largest absolute Gasteiger partial charge is 0.481 e. The van der Waals surface area contributed by atoms with Crippen molar-refractivity contribution in [1.82, 2.24) is 4.98 Å². The van der Waals surface area contributed by atoms with Crippen LogP contribution >= 0.6 is 0 Å². The predicted molar refractivity (Wildman–Crippen MR) is 45.5 cm³/mol. The number of carboxylic acid groups (broad SMARTS) is 1. The first-order chi connectivity index (χ1) is 8.12. The van der Waals surface area contributed by atoms with Gasteiger partial charge >= 0.3 is 12.1 Å². The highest BCUT2D eigenvalue weighted by Crippen LogP contribution is 2.34. The summed E-state index contributed by atoms with van der Waals surface area (Å²) in [6, 6.07) is 0.309. The Kier molecular flexibility index (Phi) is 3.82. The predicted octanol–water partition coefficient (Wildman–Crippen LogP) is 2.80. The van der Waals surface area contributed by atoms with Gasteiger partial charge in [0.1, 0.15) is 0 Å². The number of pyridine rings is 1. The summed E-state index contributed by atoms with van der Waals surface area (Å²) in [7, 11) is 0. The van der Waals surface area contributed by atoms with Gasteiger partial charge in [-0.15, -0.1) is 0 Å². The Morgan fingerprint density at radius 2 is 1.94 bits per heavy atom. The molecule has 1 aromatic heterocycles. The molecule has 0 fully saturated rings. The van der Waals surface area contributed by atoms with Crippen molar-refractivity contribution >= 4 is 5.97 Å². The Morgan fingerprint density at radius 1 is 1.39 bits per heavy atom. The van der Waals surface area contributed by atoms with Gasteiger partial charge in [-0.3, -0.25) is 4.79 Å². The van der Waals surface area contributed by atoms with Crippen LogP contribution in [0.2, 0.25) is 0 Å². The van der Waals surface area contributed by atoms with Gasteiger partial charge in [0.05, 0.1) is 17.7 Å². The second kappa shape index (κ2) is 4.83. The number of hydrogen-bond donors (Lipinski definition) is 1. The third-order valence-corrected chi connectivity index (χ3v) is 1.87. The highest BCUT2D eigenvalue weighted by Gasteiger charge is 2.39. The van der Waals surface area contributed by atoms with E-state index in [1.165, 1.54) is 0 Å². The van der Waals surface area contributed by atoms with Gasteiger partial charge in [-0.25, -0.2) is 18.2 Å². The Balaban J connectivity index is 3.42. The second-order valence-corrected chi connectivity index (χ2v) is 3.23. The molecule has 0 atom stereocenters. The molecule has 0 saturated heterocycles. The Labute approximate surface area is 96.1 Å². The minimum Gasteiger partial charge on any atom is -0.481 e. The van der Waals surface area contributed by atoms with Crippen molar-refractivity contribution in [2.24, 2.45) is 0 Å². The van der Waals surface area contributed by atoms with Gasteiger partial charge in [0.2, 0.25) is 0 Å². The van der Waals surface area contributed by atoms with E-state index < -0.39 is 47.8 Å². The van der Waals surface area contributed by atoms with Crippen LogP contribution in [0.1, 0.15) is 23.4 Å². The number of carboxylic acids is 1. The zero-order chi connectivity index (χ0) is 14.1. The average Bonchev–Trinajstić information content (AvgIpc) is 2.17. The molecule has 0 aliphatic rings. The molecule has 1 N–H and O–H groups in total. The molecule has 1 aromatic rings. The summed E-state index contributed by atoms with van der Waals surface area (Å²) in [6.45, 7) is 0. The maximum atomic E-state index is 13.1. The van der Waals surface area contributed by atoms with E-state index in [1.807, 2.05) is 0 Å². The average molecular weight is 273 g/mol. The first kappa shape index (κ1) is 14.3. The molecular formula is C9H5F6NO2. The lowest BCUT2D eigenvalue weighted by molar-refractivity contribution is -0.144. The Hall–Kier alpha value is -1.80. The van der Waals surface area contributed by atoms with E-state index in [1.54, 1.807) is 0 Å². The van der Waals surface area contributed by atoms with Gasteiger partial charge in [-0.2, -0.15) is 13.2 Å². The molecular weight excluding hydrogens is 268 g/mol. The summed E-state index contributed by atoms with van der Waals surface area (Å²) in [5, 5.41) is 8.36. The Morgan fingerprint density at radius 3 is 2.33 bits per heavy atom. The fraction of sp³-hybridized carbons (Fsp3) is 0.333. The molecule has 0 bridgehead atoms. The van der Waals surface area contributed by atoms with Crippen LogP contribution in [0.4, 0.5) is 26.3 Å². The van der Waals surface area contributed by atoms with Crippen molar-refractivity contribution in [2.45, 2.75) is 19.0 Å². The lowest BCUT2D eigenvalue weighted by Gasteiger charge is -2.12. The van der Waals surface area contributed by atoms with Crippen LogP contribution in [0, 0.1) is 5.82 Å². The number of aromatic nitrogens is 1. The topological polar surface area (TPSA) is 50.2 Å². The molecule has 1 heterocycles. The van der Waals surface area contributed by atoms with E-state index in [4.69, 9.17) is 5.11 Å². The van der Waals surface area contributed by atoms with Gasteiger partial charge in [0.25, 0.3) is 6.43 Å². The lowest BCUT2D eigenvalue weighted by Crippen LogP contribution is -2.16. The fourth-order valence-corrected chi connectivity index (χ4v) is 1.20. The maximum absolute atomic E-state index is 13.1. The molecule has 0 spiro atoms.